The lowest BCUT2D eigenvalue weighted by atomic mass is 10.1. The van der Waals surface area contributed by atoms with Crippen LogP contribution in [-0.4, -0.2) is 13.5 Å². The number of unbranched alkanes of at least 4 members (excludes halogenated alkanes) is 10. The van der Waals surface area contributed by atoms with Gasteiger partial charge in [-0.3, -0.25) is 0 Å². The van der Waals surface area contributed by atoms with Gasteiger partial charge >= 0.3 is 0 Å². The lowest BCUT2D eigenvalue weighted by Gasteiger charge is -2.25. The fourth-order valence-electron chi connectivity index (χ4n) is 2.89. The third-order valence-electron chi connectivity index (χ3n) is 4.37. The van der Waals surface area contributed by atoms with E-state index in [1.807, 2.05) is 0 Å². The van der Waals surface area contributed by atoms with Gasteiger partial charge in [0.2, 0.25) is 0 Å². The molecule has 0 aliphatic rings. The molecule has 0 aliphatic carbocycles. The molecular formula is C19H41BrOSi. The van der Waals surface area contributed by atoms with E-state index in [-0.39, 0.29) is 0 Å². The highest BCUT2D eigenvalue weighted by atomic mass is 79.9. The summed E-state index contributed by atoms with van der Waals surface area (Å²) >= 11 is 4.07. The van der Waals surface area contributed by atoms with E-state index in [2.05, 4.69) is 36.1 Å². The highest BCUT2D eigenvalue weighted by Gasteiger charge is 2.30. The molecule has 0 rings (SSSR count). The van der Waals surface area contributed by atoms with Crippen LogP contribution in [0.3, 0.4) is 0 Å². The summed E-state index contributed by atoms with van der Waals surface area (Å²) in [5.41, 5.74) is 0. The fourth-order valence-corrected chi connectivity index (χ4v) is 7.73. The zero-order valence-corrected chi connectivity index (χ0v) is 18.2. The van der Waals surface area contributed by atoms with Crippen LogP contribution in [0.5, 0.6) is 0 Å². The molecule has 0 heterocycles. The monoisotopic (exact) mass is 392 g/mol. The smallest absolute Gasteiger partial charge is 0.263 e. The standard InChI is InChI=1S/C19H41BrOSi/c1-4-7-9-11-13-15-18-22(20,21-17-6-3)19-16-14-12-10-8-5-2/h4-19H2,1-3H3. The Morgan fingerprint density at radius 3 is 1.41 bits per heavy atom. The molecule has 134 valence electrons. The lowest BCUT2D eigenvalue weighted by Crippen LogP contribution is -2.31. The van der Waals surface area contributed by atoms with Crippen molar-refractivity contribution < 1.29 is 4.43 Å². The quantitative estimate of drug-likeness (QED) is 0.138. The summed E-state index contributed by atoms with van der Waals surface area (Å²) in [6.07, 6.45) is 17.8. The van der Waals surface area contributed by atoms with Crippen molar-refractivity contribution in [2.75, 3.05) is 6.61 Å². The summed E-state index contributed by atoms with van der Waals surface area (Å²) in [5, 5.41) is 0. The van der Waals surface area contributed by atoms with Gasteiger partial charge in [-0.1, -0.05) is 113 Å². The van der Waals surface area contributed by atoms with Crippen molar-refractivity contribution in [1.29, 1.82) is 0 Å². The summed E-state index contributed by atoms with van der Waals surface area (Å²) in [4.78, 5) is 0. The molecule has 0 atom stereocenters. The maximum atomic E-state index is 6.29. The Morgan fingerprint density at radius 1 is 0.591 bits per heavy atom. The van der Waals surface area contributed by atoms with E-state index in [4.69, 9.17) is 4.43 Å². The van der Waals surface area contributed by atoms with Gasteiger partial charge in [-0.25, -0.2) is 0 Å². The average molecular weight is 394 g/mol. The predicted octanol–water partition coefficient (Wildman–Crippen LogP) is 7.97. The lowest BCUT2D eigenvalue weighted by molar-refractivity contribution is 0.311. The van der Waals surface area contributed by atoms with Crippen LogP contribution in [0.2, 0.25) is 12.1 Å². The van der Waals surface area contributed by atoms with Gasteiger partial charge in [0.1, 0.15) is 0 Å². The summed E-state index contributed by atoms with van der Waals surface area (Å²) in [5.74, 6) is 0. The Labute approximate surface area is 149 Å². The van der Waals surface area contributed by atoms with Gasteiger partial charge in [0, 0.05) is 6.61 Å². The number of hydrogen-bond donors (Lipinski definition) is 0. The van der Waals surface area contributed by atoms with E-state index >= 15 is 0 Å². The van der Waals surface area contributed by atoms with E-state index in [0.717, 1.165) is 13.0 Å². The minimum absolute atomic E-state index is 0.948. The Hall–Kier alpha value is 0.657. The molecule has 22 heavy (non-hydrogen) atoms. The Kier molecular flexibility index (Phi) is 17.0. The SMILES string of the molecule is CCCCCCCC[Si](Br)(CCCCCCCC)OCCC. The van der Waals surface area contributed by atoms with Crippen molar-refractivity contribution in [3.8, 4) is 0 Å². The minimum atomic E-state index is -1.59. The van der Waals surface area contributed by atoms with Gasteiger partial charge in [-0.2, -0.15) is 0 Å². The maximum Gasteiger partial charge on any atom is 0.263 e. The first-order chi connectivity index (χ1) is 10.7. The topological polar surface area (TPSA) is 9.23 Å². The molecule has 0 spiro atoms. The third kappa shape index (κ3) is 14.3. The third-order valence-corrected chi connectivity index (χ3v) is 10.4. The van der Waals surface area contributed by atoms with Gasteiger partial charge in [0.25, 0.3) is 6.94 Å². The van der Waals surface area contributed by atoms with Crippen molar-refractivity contribution in [2.45, 2.75) is 116 Å². The maximum absolute atomic E-state index is 6.29. The zero-order chi connectivity index (χ0) is 16.5. The van der Waals surface area contributed by atoms with Crippen molar-refractivity contribution in [1.82, 2.24) is 0 Å². The van der Waals surface area contributed by atoms with Crippen LogP contribution >= 0.6 is 15.3 Å². The first kappa shape index (κ1) is 22.7. The number of hydrogen-bond acceptors (Lipinski definition) is 1. The molecule has 0 amide bonds. The molecule has 0 aromatic heterocycles. The van der Waals surface area contributed by atoms with Gasteiger partial charge in [0.05, 0.1) is 0 Å². The summed E-state index contributed by atoms with van der Waals surface area (Å²) < 4.78 is 6.29. The first-order valence-electron chi connectivity index (χ1n) is 10.0. The summed E-state index contributed by atoms with van der Waals surface area (Å²) in [6, 6.07) is 2.63. The van der Waals surface area contributed by atoms with E-state index in [1.165, 1.54) is 89.1 Å². The Morgan fingerprint density at radius 2 is 1.00 bits per heavy atom. The molecule has 0 aliphatic heterocycles. The minimum Gasteiger partial charge on any atom is -0.406 e. The molecule has 0 radical (unpaired) electrons. The van der Waals surface area contributed by atoms with E-state index in [1.54, 1.807) is 0 Å². The van der Waals surface area contributed by atoms with Crippen LogP contribution in [0.1, 0.15) is 104 Å². The highest BCUT2D eigenvalue weighted by Crippen LogP contribution is 2.30. The normalized spacial score (nSPS) is 12.0. The van der Waals surface area contributed by atoms with Crippen LogP contribution in [0.25, 0.3) is 0 Å². The molecule has 0 aromatic carbocycles. The summed E-state index contributed by atoms with van der Waals surface area (Å²) in [6.45, 7) is 6.15. The first-order valence-corrected chi connectivity index (χ1v) is 14.6. The molecule has 0 bridgehead atoms. The van der Waals surface area contributed by atoms with Crippen LogP contribution in [0, 0.1) is 0 Å². The molecule has 0 fully saturated rings. The van der Waals surface area contributed by atoms with Crippen molar-refractivity contribution in [3.63, 3.8) is 0 Å². The largest absolute Gasteiger partial charge is 0.406 e. The van der Waals surface area contributed by atoms with Crippen molar-refractivity contribution in [2.24, 2.45) is 0 Å². The highest BCUT2D eigenvalue weighted by molar-refractivity contribution is 9.25. The van der Waals surface area contributed by atoms with Gasteiger partial charge < -0.3 is 4.43 Å². The van der Waals surface area contributed by atoms with Crippen molar-refractivity contribution >= 4 is 22.2 Å². The van der Waals surface area contributed by atoms with Crippen LogP contribution in [0.15, 0.2) is 0 Å². The van der Waals surface area contributed by atoms with Gasteiger partial charge in [-0.05, 0) is 18.5 Å². The second-order valence-corrected chi connectivity index (χ2v) is 14.2. The van der Waals surface area contributed by atoms with Crippen molar-refractivity contribution in [3.05, 3.63) is 0 Å². The van der Waals surface area contributed by atoms with Gasteiger partial charge in [0.15, 0.2) is 0 Å². The van der Waals surface area contributed by atoms with Crippen LogP contribution in [0.4, 0.5) is 0 Å². The van der Waals surface area contributed by atoms with E-state index in [0.29, 0.717) is 0 Å². The van der Waals surface area contributed by atoms with Crippen LogP contribution in [-0.2, 0) is 4.43 Å². The van der Waals surface area contributed by atoms with Crippen LogP contribution < -0.4 is 0 Å². The van der Waals surface area contributed by atoms with E-state index < -0.39 is 6.94 Å². The molecule has 1 nitrogen and oxygen atoms in total. The zero-order valence-electron chi connectivity index (χ0n) is 15.6. The second-order valence-electron chi connectivity index (χ2n) is 6.77. The molecular weight excluding hydrogens is 352 g/mol. The molecule has 0 saturated heterocycles. The molecule has 0 unspecified atom stereocenters. The number of rotatable bonds is 17. The second kappa shape index (κ2) is 16.5. The predicted molar refractivity (Wildman–Crippen MR) is 107 cm³/mol. The molecule has 3 heteroatoms. The Balaban J connectivity index is 3.84. The summed E-state index contributed by atoms with van der Waals surface area (Å²) in [7, 11) is 0. The Bertz CT molecular complexity index is 207. The fraction of sp³-hybridized carbons (Fsp3) is 1.00. The molecule has 0 N–H and O–H groups in total. The average Bonchev–Trinajstić information content (AvgIpc) is 2.52. The molecule has 0 saturated carbocycles. The van der Waals surface area contributed by atoms with E-state index in [9.17, 15) is 0 Å². The molecule has 0 aromatic rings. The van der Waals surface area contributed by atoms with Gasteiger partial charge in [-0.15, -0.1) is 0 Å². The number of halogens is 1.